The molecule has 0 unspecified atom stereocenters. The number of nitrogens with zero attached hydrogens (tertiary/aromatic N) is 1. The van der Waals surface area contributed by atoms with Gasteiger partial charge in [-0.3, -0.25) is 4.79 Å². The minimum Gasteiger partial charge on any atom is -0.347 e. The van der Waals surface area contributed by atoms with E-state index in [1.54, 1.807) is 29.7 Å². The first-order valence-electron chi connectivity index (χ1n) is 5.67. The fraction of sp³-hybridized carbons (Fsp3) is 0.231. The van der Waals surface area contributed by atoms with Gasteiger partial charge in [-0.2, -0.15) is 0 Å². The summed E-state index contributed by atoms with van der Waals surface area (Å²) < 4.78 is 0.572. The van der Waals surface area contributed by atoms with Gasteiger partial charge in [0.05, 0.1) is 12.1 Å². The van der Waals surface area contributed by atoms with Crippen LogP contribution < -0.4 is 5.32 Å². The second-order valence-corrected chi connectivity index (χ2v) is 5.75. The van der Waals surface area contributed by atoms with E-state index in [2.05, 4.69) is 45.3 Å². The van der Waals surface area contributed by atoms with Crippen LogP contribution in [-0.2, 0) is 13.0 Å². The minimum absolute atomic E-state index is 0.110. The molecule has 5 heteroatoms. The summed E-state index contributed by atoms with van der Waals surface area (Å²) in [6.45, 7) is 2.69. The predicted octanol–water partition coefficient (Wildman–Crippen LogP) is 3.40. The van der Waals surface area contributed by atoms with Crippen molar-refractivity contribution in [2.24, 2.45) is 0 Å². The van der Waals surface area contributed by atoms with E-state index in [1.165, 1.54) is 9.75 Å². The predicted molar refractivity (Wildman–Crippen MR) is 76.8 cm³/mol. The zero-order valence-corrected chi connectivity index (χ0v) is 12.3. The standard InChI is InChI=1S/C13H13BrN2OS/c1-2-9-5-6-10(18-9)8-16-13(17)11-4-3-7-15-12(11)14/h3-7H,2,8H2,1H3,(H,16,17). The van der Waals surface area contributed by atoms with E-state index in [1.807, 2.05) is 0 Å². The molecule has 0 aliphatic heterocycles. The van der Waals surface area contributed by atoms with Gasteiger partial charge in [-0.1, -0.05) is 6.92 Å². The van der Waals surface area contributed by atoms with Crippen LogP contribution in [0, 0.1) is 0 Å². The maximum atomic E-state index is 11.9. The summed E-state index contributed by atoms with van der Waals surface area (Å²) in [5.74, 6) is -0.110. The Kier molecular flexibility index (Phi) is 4.49. The molecule has 2 aromatic rings. The molecule has 94 valence electrons. The van der Waals surface area contributed by atoms with E-state index < -0.39 is 0 Å². The first-order valence-corrected chi connectivity index (χ1v) is 7.28. The van der Waals surface area contributed by atoms with Crippen LogP contribution in [0.15, 0.2) is 35.1 Å². The van der Waals surface area contributed by atoms with E-state index in [0.717, 1.165) is 6.42 Å². The van der Waals surface area contributed by atoms with Gasteiger partial charge in [0.2, 0.25) is 0 Å². The van der Waals surface area contributed by atoms with Crippen molar-refractivity contribution in [2.45, 2.75) is 19.9 Å². The quantitative estimate of drug-likeness (QED) is 0.876. The third-order valence-electron chi connectivity index (χ3n) is 2.49. The molecule has 0 aromatic carbocycles. The summed E-state index contributed by atoms with van der Waals surface area (Å²) >= 11 is 5.00. The largest absolute Gasteiger partial charge is 0.347 e. The molecule has 1 amide bonds. The maximum absolute atomic E-state index is 11.9. The number of aryl methyl sites for hydroxylation is 1. The molecule has 2 rings (SSSR count). The number of hydrogen-bond donors (Lipinski definition) is 1. The number of pyridine rings is 1. The number of aromatic nitrogens is 1. The van der Waals surface area contributed by atoms with E-state index >= 15 is 0 Å². The van der Waals surface area contributed by atoms with Crippen LogP contribution in [-0.4, -0.2) is 10.9 Å². The monoisotopic (exact) mass is 324 g/mol. The van der Waals surface area contributed by atoms with Crippen molar-refractivity contribution < 1.29 is 4.79 Å². The van der Waals surface area contributed by atoms with Gasteiger partial charge in [0, 0.05) is 16.0 Å². The molecule has 2 heterocycles. The number of carbonyl (C=O) groups excluding carboxylic acids is 1. The van der Waals surface area contributed by atoms with Crippen LogP contribution in [0.5, 0.6) is 0 Å². The van der Waals surface area contributed by atoms with Gasteiger partial charge in [-0.15, -0.1) is 11.3 Å². The SMILES string of the molecule is CCc1ccc(CNC(=O)c2cccnc2Br)s1. The zero-order valence-electron chi connectivity index (χ0n) is 9.94. The number of rotatable bonds is 4. The van der Waals surface area contributed by atoms with E-state index in [0.29, 0.717) is 16.7 Å². The van der Waals surface area contributed by atoms with Crippen molar-refractivity contribution >= 4 is 33.2 Å². The summed E-state index contributed by atoms with van der Waals surface area (Å²) in [6.07, 6.45) is 2.68. The molecule has 0 saturated heterocycles. The Labute approximate surface area is 118 Å². The Morgan fingerprint density at radius 1 is 1.39 bits per heavy atom. The second-order valence-electron chi connectivity index (χ2n) is 3.75. The molecule has 0 aliphatic carbocycles. The Bertz CT molecular complexity index is 553. The molecule has 0 atom stereocenters. The van der Waals surface area contributed by atoms with Crippen molar-refractivity contribution in [3.05, 3.63) is 50.4 Å². The maximum Gasteiger partial charge on any atom is 0.254 e. The lowest BCUT2D eigenvalue weighted by Crippen LogP contribution is -2.22. The Balaban J connectivity index is 1.98. The summed E-state index contributed by atoms with van der Waals surface area (Å²) in [5, 5.41) is 2.89. The van der Waals surface area contributed by atoms with E-state index in [4.69, 9.17) is 0 Å². The highest BCUT2D eigenvalue weighted by Crippen LogP contribution is 2.17. The zero-order chi connectivity index (χ0) is 13.0. The fourth-order valence-electron chi connectivity index (χ4n) is 1.53. The number of hydrogen-bond acceptors (Lipinski definition) is 3. The Morgan fingerprint density at radius 2 is 2.17 bits per heavy atom. The molecule has 3 nitrogen and oxygen atoms in total. The molecule has 0 saturated carbocycles. The van der Waals surface area contributed by atoms with Crippen LogP contribution in [0.2, 0.25) is 0 Å². The van der Waals surface area contributed by atoms with Crippen LogP contribution in [0.3, 0.4) is 0 Å². The average Bonchev–Trinajstić information content (AvgIpc) is 2.84. The molecular formula is C13H13BrN2OS. The summed E-state index contributed by atoms with van der Waals surface area (Å²) in [6, 6.07) is 7.66. The lowest BCUT2D eigenvalue weighted by molar-refractivity contribution is 0.0950. The lowest BCUT2D eigenvalue weighted by atomic mass is 10.2. The van der Waals surface area contributed by atoms with Crippen LogP contribution >= 0.6 is 27.3 Å². The van der Waals surface area contributed by atoms with E-state index in [-0.39, 0.29) is 5.91 Å². The minimum atomic E-state index is -0.110. The fourth-order valence-corrected chi connectivity index (χ4v) is 2.85. The highest BCUT2D eigenvalue weighted by atomic mass is 79.9. The highest BCUT2D eigenvalue weighted by Gasteiger charge is 2.10. The summed E-state index contributed by atoms with van der Waals surface area (Å²) in [4.78, 5) is 18.5. The second kappa shape index (κ2) is 6.11. The molecule has 0 fully saturated rings. The topological polar surface area (TPSA) is 42.0 Å². The van der Waals surface area contributed by atoms with Crippen LogP contribution in [0.1, 0.15) is 27.0 Å². The Hall–Kier alpha value is -1.20. The van der Waals surface area contributed by atoms with Crippen LogP contribution in [0.4, 0.5) is 0 Å². The van der Waals surface area contributed by atoms with Gasteiger partial charge in [0.25, 0.3) is 5.91 Å². The summed E-state index contributed by atoms with van der Waals surface area (Å²) in [5.41, 5.74) is 0.560. The number of thiophene rings is 1. The molecule has 0 aliphatic rings. The van der Waals surface area contributed by atoms with Crippen molar-refractivity contribution in [3.8, 4) is 0 Å². The van der Waals surface area contributed by atoms with Gasteiger partial charge in [0.15, 0.2) is 0 Å². The van der Waals surface area contributed by atoms with Gasteiger partial charge >= 0.3 is 0 Å². The van der Waals surface area contributed by atoms with Crippen LogP contribution in [0.25, 0.3) is 0 Å². The van der Waals surface area contributed by atoms with Crippen molar-refractivity contribution in [1.29, 1.82) is 0 Å². The first-order chi connectivity index (χ1) is 8.70. The third-order valence-corrected chi connectivity index (χ3v) is 4.35. The smallest absolute Gasteiger partial charge is 0.254 e. The molecule has 2 aromatic heterocycles. The number of carbonyl (C=O) groups is 1. The van der Waals surface area contributed by atoms with E-state index in [9.17, 15) is 4.79 Å². The van der Waals surface area contributed by atoms with Crippen molar-refractivity contribution in [2.75, 3.05) is 0 Å². The van der Waals surface area contributed by atoms with Gasteiger partial charge in [-0.05, 0) is 46.6 Å². The molecule has 0 bridgehead atoms. The van der Waals surface area contributed by atoms with Crippen molar-refractivity contribution in [3.63, 3.8) is 0 Å². The first kappa shape index (κ1) is 13.2. The lowest BCUT2D eigenvalue weighted by Gasteiger charge is -2.04. The van der Waals surface area contributed by atoms with Crippen molar-refractivity contribution in [1.82, 2.24) is 10.3 Å². The highest BCUT2D eigenvalue weighted by molar-refractivity contribution is 9.10. The number of amides is 1. The number of nitrogens with one attached hydrogen (secondary N) is 1. The molecular weight excluding hydrogens is 312 g/mol. The molecule has 0 radical (unpaired) electrons. The Morgan fingerprint density at radius 3 is 2.83 bits per heavy atom. The molecule has 1 N–H and O–H groups in total. The molecule has 0 spiro atoms. The summed E-state index contributed by atoms with van der Waals surface area (Å²) in [7, 11) is 0. The number of halogens is 1. The average molecular weight is 325 g/mol. The van der Waals surface area contributed by atoms with Gasteiger partial charge < -0.3 is 5.32 Å². The normalized spacial score (nSPS) is 10.3. The van der Waals surface area contributed by atoms with Gasteiger partial charge in [0.1, 0.15) is 4.60 Å². The third kappa shape index (κ3) is 3.17. The molecule has 18 heavy (non-hydrogen) atoms. The van der Waals surface area contributed by atoms with Gasteiger partial charge in [-0.25, -0.2) is 4.98 Å².